The molecule has 0 fully saturated rings. The lowest BCUT2D eigenvalue weighted by Gasteiger charge is -2.06. The molecule has 0 saturated heterocycles. The highest BCUT2D eigenvalue weighted by Crippen LogP contribution is 2.03. The van der Waals surface area contributed by atoms with E-state index in [1.807, 2.05) is 38.2 Å². The normalized spacial score (nSPS) is 13.6. The largest absolute Gasteiger partial charge is 0.488 e. The molecule has 0 aromatic carbocycles. The van der Waals surface area contributed by atoms with Gasteiger partial charge < -0.3 is 4.74 Å². The van der Waals surface area contributed by atoms with Gasteiger partial charge in [0.25, 0.3) is 0 Å². The highest BCUT2D eigenvalue weighted by atomic mass is 16.5. The Balaban J connectivity index is 4.33. The van der Waals surface area contributed by atoms with Gasteiger partial charge in [0.2, 0.25) is 0 Å². The highest BCUT2D eigenvalue weighted by molar-refractivity contribution is 5.95. The molecule has 0 unspecified atom stereocenters. The molecule has 0 heterocycles. The third-order valence-electron chi connectivity index (χ3n) is 2.04. The molecule has 0 aliphatic carbocycles. The summed E-state index contributed by atoms with van der Waals surface area (Å²) in [5.74, 6) is 0.832. The van der Waals surface area contributed by atoms with Crippen molar-refractivity contribution in [1.82, 2.24) is 0 Å². The van der Waals surface area contributed by atoms with Gasteiger partial charge >= 0.3 is 0 Å². The zero-order valence-electron chi connectivity index (χ0n) is 11.4. The lowest BCUT2D eigenvalue weighted by atomic mass is 10.3. The molecule has 0 rings (SSSR count). The summed E-state index contributed by atoms with van der Waals surface area (Å²) in [7, 11) is 1.78. The molecule has 2 nitrogen and oxygen atoms in total. The average molecular weight is 233 g/mol. The maximum Gasteiger partial charge on any atom is 0.130 e. The Kier molecular flexibility index (Phi) is 8.75. The van der Waals surface area contributed by atoms with Crippen LogP contribution < -0.4 is 0 Å². The number of nitrogens with zero attached hydrogens (tertiary/aromatic N) is 1. The van der Waals surface area contributed by atoms with Gasteiger partial charge in [0, 0.05) is 7.05 Å². The van der Waals surface area contributed by atoms with Crippen molar-refractivity contribution in [3.8, 4) is 0 Å². The average Bonchev–Trinajstić information content (AvgIpc) is 2.32. The lowest BCUT2D eigenvalue weighted by Crippen LogP contribution is -2.05. The van der Waals surface area contributed by atoms with Crippen LogP contribution in [0.4, 0.5) is 0 Å². The first-order valence-electron chi connectivity index (χ1n) is 5.88. The second kappa shape index (κ2) is 9.64. The number of hydrogen-bond donors (Lipinski definition) is 0. The highest BCUT2D eigenvalue weighted by Gasteiger charge is 1.96. The van der Waals surface area contributed by atoms with E-state index in [4.69, 9.17) is 4.74 Å². The number of allylic oxidation sites excluding steroid dienone is 5. The fourth-order valence-corrected chi connectivity index (χ4v) is 1.05. The van der Waals surface area contributed by atoms with Gasteiger partial charge in [0.1, 0.15) is 12.4 Å². The Morgan fingerprint density at radius 3 is 2.47 bits per heavy atom. The lowest BCUT2D eigenvalue weighted by molar-refractivity contribution is 0.273. The molecule has 0 atom stereocenters. The van der Waals surface area contributed by atoms with Gasteiger partial charge in [-0.1, -0.05) is 31.2 Å². The summed E-state index contributed by atoms with van der Waals surface area (Å²) in [4.78, 5) is 4.16. The van der Waals surface area contributed by atoms with Crippen LogP contribution in [0.15, 0.2) is 53.3 Å². The van der Waals surface area contributed by atoms with Crippen LogP contribution in [-0.4, -0.2) is 19.4 Å². The Morgan fingerprint density at radius 1 is 1.29 bits per heavy atom. The third-order valence-corrected chi connectivity index (χ3v) is 2.04. The van der Waals surface area contributed by atoms with Crippen molar-refractivity contribution in [2.45, 2.75) is 27.2 Å². The molecular weight excluding hydrogens is 210 g/mol. The van der Waals surface area contributed by atoms with E-state index in [-0.39, 0.29) is 0 Å². The summed E-state index contributed by atoms with van der Waals surface area (Å²) in [5.41, 5.74) is 1.94. The van der Waals surface area contributed by atoms with E-state index in [0.717, 1.165) is 23.5 Å². The van der Waals surface area contributed by atoms with Crippen LogP contribution in [0.5, 0.6) is 0 Å². The Labute approximate surface area is 105 Å². The van der Waals surface area contributed by atoms with Gasteiger partial charge in [-0.15, -0.1) is 0 Å². The first-order chi connectivity index (χ1) is 8.13. The maximum absolute atomic E-state index is 5.64. The smallest absolute Gasteiger partial charge is 0.130 e. The second-order valence-electron chi connectivity index (χ2n) is 3.68. The van der Waals surface area contributed by atoms with Gasteiger partial charge in [0.05, 0.1) is 5.71 Å². The molecule has 94 valence electrons. The summed E-state index contributed by atoms with van der Waals surface area (Å²) in [5, 5.41) is 0. The van der Waals surface area contributed by atoms with Crippen molar-refractivity contribution in [2.75, 3.05) is 13.7 Å². The molecule has 17 heavy (non-hydrogen) atoms. The van der Waals surface area contributed by atoms with E-state index in [9.17, 15) is 0 Å². The molecule has 0 aliphatic heterocycles. The van der Waals surface area contributed by atoms with E-state index >= 15 is 0 Å². The molecule has 0 bridgehead atoms. The summed E-state index contributed by atoms with van der Waals surface area (Å²) in [6, 6.07) is 0. The Hall–Kier alpha value is -1.57. The van der Waals surface area contributed by atoms with Crippen molar-refractivity contribution < 1.29 is 4.74 Å². The zero-order chi connectivity index (χ0) is 13.1. The SMILES string of the molecule is C=C(C)/C=C\C(=C/C)OCC(/C=C\CC)=NC. The van der Waals surface area contributed by atoms with E-state index in [1.165, 1.54) is 0 Å². The summed E-state index contributed by atoms with van der Waals surface area (Å²) < 4.78 is 5.64. The molecule has 2 heteroatoms. The number of rotatable bonds is 7. The number of ether oxygens (including phenoxy) is 1. The monoisotopic (exact) mass is 233 g/mol. The van der Waals surface area contributed by atoms with E-state index in [1.54, 1.807) is 7.05 Å². The van der Waals surface area contributed by atoms with Crippen LogP contribution in [0.25, 0.3) is 0 Å². The topological polar surface area (TPSA) is 21.6 Å². The molecule has 0 aliphatic rings. The van der Waals surface area contributed by atoms with Crippen LogP contribution in [0.3, 0.4) is 0 Å². The van der Waals surface area contributed by atoms with Crippen LogP contribution in [0.1, 0.15) is 27.2 Å². The first-order valence-corrected chi connectivity index (χ1v) is 5.88. The van der Waals surface area contributed by atoms with Crippen molar-refractivity contribution in [1.29, 1.82) is 0 Å². The van der Waals surface area contributed by atoms with Crippen molar-refractivity contribution in [3.63, 3.8) is 0 Å². The van der Waals surface area contributed by atoms with Crippen LogP contribution in [0, 0.1) is 0 Å². The predicted molar refractivity (Wildman–Crippen MR) is 76.5 cm³/mol. The van der Waals surface area contributed by atoms with Gasteiger partial charge in [0.15, 0.2) is 0 Å². The Morgan fingerprint density at radius 2 is 2.00 bits per heavy atom. The standard InChI is InChI=1S/C15H23NO/c1-6-8-9-14(16-5)12-17-15(7-2)11-10-13(3)4/h7-11H,3,6,12H2,1-2,4-5H3/b9-8-,11-10-,15-7+,16-14?. The number of hydrogen-bond acceptors (Lipinski definition) is 2. The van der Waals surface area contributed by atoms with Crippen LogP contribution >= 0.6 is 0 Å². The summed E-state index contributed by atoms with van der Waals surface area (Å²) in [6.07, 6.45) is 10.8. The van der Waals surface area contributed by atoms with Crippen LogP contribution in [0.2, 0.25) is 0 Å². The van der Waals surface area contributed by atoms with E-state index in [0.29, 0.717) is 6.61 Å². The number of aliphatic imine (C=N–C) groups is 1. The molecule has 0 N–H and O–H groups in total. The molecule has 0 amide bonds. The van der Waals surface area contributed by atoms with Crippen molar-refractivity contribution in [2.24, 2.45) is 4.99 Å². The first kappa shape index (κ1) is 15.4. The molecule has 0 aromatic heterocycles. The minimum absolute atomic E-state index is 0.493. The van der Waals surface area contributed by atoms with Gasteiger partial charge in [-0.2, -0.15) is 0 Å². The minimum Gasteiger partial charge on any atom is -0.488 e. The quantitative estimate of drug-likeness (QED) is 0.369. The van der Waals surface area contributed by atoms with E-state index < -0.39 is 0 Å². The molecule has 0 radical (unpaired) electrons. The minimum atomic E-state index is 0.493. The molecule has 0 saturated carbocycles. The molecular formula is C15H23NO. The fourth-order valence-electron chi connectivity index (χ4n) is 1.05. The zero-order valence-corrected chi connectivity index (χ0v) is 11.4. The molecule has 0 spiro atoms. The van der Waals surface area contributed by atoms with Crippen molar-refractivity contribution >= 4 is 5.71 Å². The fraction of sp³-hybridized carbons (Fsp3) is 0.400. The maximum atomic E-state index is 5.64. The van der Waals surface area contributed by atoms with Gasteiger partial charge in [-0.25, -0.2) is 0 Å². The van der Waals surface area contributed by atoms with E-state index in [2.05, 4.69) is 24.6 Å². The van der Waals surface area contributed by atoms with Crippen molar-refractivity contribution in [3.05, 3.63) is 48.3 Å². The summed E-state index contributed by atoms with van der Waals surface area (Å²) >= 11 is 0. The Bertz CT molecular complexity index is 346. The summed E-state index contributed by atoms with van der Waals surface area (Å²) in [6.45, 7) is 10.3. The third kappa shape index (κ3) is 8.26. The molecule has 0 aromatic rings. The predicted octanol–water partition coefficient (Wildman–Crippen LogP) is 4.08. The van der Waals surface area contributed by atoms with Crippen LogP contribution in [-0.2, 0) is 4.74 Å². The van der Waals surface area contributed by atoms with Gasteiger partial charge in [-0.3, -0.25) is 4.99 Å². The second-order valence-corrected chi connectivity index (χ2v) is 3.68. The van der Waals surface area contributed by atoms with Gasteiger partial charge in [-0.05, 0) is 38.5 Å².